The number of hydrogen-bond acceptors (Lipinski definition) is 2. The second-order valence-electron chi connectivity index (χ2n) is 5.78. The van der Waals surface area contributed by atoms with Crippen molar-refractivity contribution in [1.82, 2.24) is 5.32 Å². The molecular weight excluding hydrogens is 222 g/mol. The Hall–Kier alpha value is -1.02. The molecule has 2 heteroatoms. The van der Waals surface area contributed by atoms with E-state index in [9.17, 15) is 0 Å². The smallest absolute Gasteiger partial charge is 0.122 e. The molecular formula is C16H23NO. The molecule has 1 saturated carbocycles. The van der Waals surface area contributed by atoms with E-state index in [0.717, 1.165) is 12.2 Å². The molecule has 1 aliphatic heterocycles. The number of ether oxygens (including phenoxy) is 1. The van der Waals surface area contributed by atoms with Gasteiger partial charge in [0.15, 0.2) is 0 Å². The summed E-state index contributed by atoms with van der Waals surface area (Å²) < 4.78 is 6.03. The molecule has 1 aliphatic carbocycles. The lowest BCUT2D eigenvalue weighted by Gasteiger charge is -2.24. The first-order chi connectivity index (χ1) is 8.81. The van der Waals surface area contributed by atoms with Crippen LogP contribution in [0.25, 0.3) is 0 Å². The normalized spacial score (nSPS) is 23.9. The molecule has 2 aliphatic rings. The fourth-order valence-electron chi connectivity index (χ4n) is 2.71. The van der Waals surface area contributed by atoms with Gasteiger partial charge in [-0.25, -0.2) is 0 Å². The van der Waals surface area contributed by atoms with E-state index < -0.39 is 0 Å². The van der Waals surface area contributed by atoms with Crippen molar-refractivity contribution in [2.24, 2.45) is 0 Å². The minimum Gasteiger partial charge on any atom is -0.490 e. The molecule has 18 heavy (non-hydrogen) atoms. The number of rotatable bonds is 4. The first-order valence-corrected chi connectivity index (χ1v) is 7.31. The molecule has 2 fully saturated rings. The number of benzene rings is 1. The highest BCUT2D eigenvalue weighted by Crippen LogP contribution is 2.30. The molecule has 0 amide bonds. The van der Waals surface area contributed by atoms with Gasteiger partial charge in [0.1, 0.15) is 5.75 Å². The van der Waals surface area contributed by atoms with E-state index in [2.05, 4.69) is 30.4 Å². The summed E-state index contributed by atoms with van der Waals surface area (Å²) in [7, 11) is 0. The van der Waals surface area contributed by atoms with Gasteiger partial charge in [0, 0.05) is 6.04 Å². The number of nitrogens with one attached hydrogen (secondary N) is 1. The van der Waals surface area contributed by atoms with Crippen LogP contribution in [-0.2, 0) is 6.42 Å². The van der Waals surface area contributed by atoms with E-state index in [1.807, 2.05) is 0 Å². The molecule has 3 rings (SSSR count). The Morgan fingerprint density at radius 1 is 1.22 bits per heavy atom. The van der Waals surface area contributed by atoms with Gasteiger partial charge >= 0.3 is 0 Å². The van der Waals surface area contributed by atoms with E-state index in [0.29, 0.717) is 12.1 Å². The number of aryl methyl sites for hydroxylation is 1. The van der Waals surface area contributed by atoms with Crippen molar-refractivity contribution in [2.45, 2.75) is 57.6 Å². The highest BCUT2D eigenvalue weighted by Gasteiger charge is 2.25. The summed E-state index contributed by atoms with van der Waals surface area (Å²) in [6.07, 6.45) is 8.06. The van der Waals surface area contributed by atoms with Gasteiger partial charge in [-0.1, -0.05) is 24.1 Å². The SMILES string of the molecule is Cc1ccc(OC2CC2)c(CC2CCCCN2)c1. The van der Waals surface area contributed by atoms with E-state index >= 15 is 0 Å². The molecule has 1 aromatic carbocycles. The maximum atomic E-state index is 6.03. The molecule has 1 N–H and O–H groups in total. The predicted molar refractivity (Wildman–Crippen MR) is 74.2 cm³/mol. The Balaban J connectivity index is 1.72. The maximum Gasteiger partial charge on any atom is 0.122 e. The van der Waals surface area contributed by atoms with Crippen molar-refractivity contribution in [3.63, 3.8) is 0 Å². The van der Waals surface area contributed by atoms with Gasteiger partial charge in [-0.15, -0.1) is 0 Å². The van der Waals surface area contributed by atoms with E-state index in [-0.39, 0.29) is 0 Å². The summed E-state index contributed by atoms with van der Waals surface area (Å²) in [6.45, 7) is 3.34. The molecule has 1 unspecified atom stereocenters. The quantitative estimate of drug-likeness (QED) is 0.879. The molecule has 1 atom stereocenters. The van der Waals surface area contributed by atoms with Crippen LogP contribution in [0.5, 0.6) is 5.75 Å². The largest absolute Gasteiger partial charge is 0.490 e. The van der Waals surface area contributed by atoms with Gasteiger partial charge < -0.3 is 10.1 Å². The van der Waals surface area contributed by atoms with Crippen LogP contribution in [0.2, 0.25) is 0 Å². The van der Waals surface area contributed by atoms with Crippen molar-refractivity contribution in [3.8, 4) is 5.75 Å². The van der Waals surface area contributed by atoms with Crippen LogP contribution in [0.15, 0.2) is 18.2 Å². The molecule has 0 aromatic heterocycles. The minimum atomic E-state index is 0.491. The summed E-state index contributed by atoms with van der Waals surface area (Å²) in [5.41, 5.74) is 2.73. The third-order valence-corrected chi connectivity index (χ3v) is 3.91. The Labute approximate surface area is 110 Å². The van der Waals surface area contributed by atoms with Crippen molar-refractivity contribution < 1.29 is 4.74 Å². The number of hydrogen-bond donors (Lipinski definition) is 1. The summed E-state index contributed by atoms with van der Waals surface area (Å²) in [5, 5.41) is 3.63. The van der Waals surface area contributed by atoms with Crippen LogP contribution < -0.4 is 10.1 Å². The Morgan fingerprint density at radius 3 is 2.83 bits per heavy atom. The zero-order valence-corrected chi connectivity index (χ0v) is 11.2. The lowest BCUT2D eigenvalue weighted by molar-refractivity contribution is 0.297. The monoisotopic (exact) mass is 245 g/mol. The average Bonchev–Trinajstić information content (AvgIpc) is 3.18. The van der Waals surface area contributed by atoms with Gasteiger partial charge in [0.2, 0.25) is 0 Å². The Bertz CT molecular complexity index is 406. The second-order valence-corrected chi connectivity index (χ2v) is 5.78. The molecule has 0 radical (unpaired) electrons. The first-order valence-electron chi connectivity index (χ1n) is 7.31. The predicted octanol–water partition coefficient (Wildman–Crippen LogP) is 3.22. The van der Waals surface area contributed by atoms with Crippen LogP contribution in [0.3, 0.4) is 0 Å². The van der Waals surface area contributed by atoms with Crippen LogP contribution in [0, 0.1) is 6.92 Å². The zero-order valence-electron chi connectivity index (χ0n) is 11.2. The summed E-state index contributed by atoms with van der Waals surface area (Å²) in [4.78, 5) is 0. The van der Waals surface area contributed by atoms with Gasteiger partial charge in [0.25, 0.3) is 0 Å². The van der Waals surface area contributed by atoms with Gasteiger partial charge in [-0.05, 0) is 57.2 Å². The third kappa shape index (κ3) is 3.05. The Kier molecular flexibility index (Phi) is 3.55. The lowest BCUT2D eigenvalue weighted by atomic mass is 9.96. The van der Waals surface area contributed by atoms with E-state index in [4.69, 9.17) is 4.74 Å². The topological polar surface area (TPSA) is 21.3 Å². The fraction of sp³-hybridized carbons (Fsp3) is 0.625. The van der Waals surface area contributed by atoms with Crippen molar-refractivity contribution in [3.05, 3.63) is 29.3 Å². The average molecular weight is 245 g/mol. The van der Waals surface area contributed by atoms with Crippen molar-refractivity contribution in [1.29, 1.82) is 0 Å². The molecule has 2 nitrogen and oxygen atoms in total. The molecule has 98 valence electrons. The van der Waals surface area contributed by atoms with Crippen LogP contribution in [-0.4, -0.2) is 18.7 Å². The zero-order chi connectivity index (χ0) is 12.4. The Morgan fingerprint density at radius 2 is 2.11 bits per heavy atom. The van der Waals surface area contributed by atoms with Crippen LogP contribution in [0.1, 0.15) is 43.2 Å². The van der Waals surface area contributed by atoms with Gasteiger partial charge in [0.05, 0.1) is 6.10 Å². The van der Waals surface area contributed by atoms with Gasteiger partial charge in [-0.2, -0.15) is 0 Å². The molecule has 1 saturated heterocycles. The molecule has 1 heterocycles. The molecule has 1 aromatic rings. The highest BCUT2D eigenvalue weighted by atomic mass is 16.5. The van der Waals surface area contributed by atoms with Crippen LogP contribution >= 0.6 is 0 Å². The minimum absolute atomic E-state index is 0.491. The summed E-state index contributed by atoms with van der Waals surface area (Å²) in [5.74, 6) is 1.12. The number of piperidine rings is 1. The van der Waals surface area contributed by atoms with Gasteiger partial charge in [-0.3, -0.25) is 0 Å². The highest BCUT2D eigenvalue weighted by molar-refractivity contribution is 5.38. The van der Waals surface area contributed by atoms with Crippen molar-refractivity contribution in [2.75, 3.05) is 6.54 Å². The third-order valence-electron chi connectivity index (χ3n) is 3.91. The first kappa shape index (κ1) is 12.0. The van der Waals surface area contributed by atoms with Crippen molar-refractivity contribution >= 4 is 0 Å². The molecule has 0 bridgehead atoms. The summed E-state index contributed by atoms with van der Waals surface area (Å²) >= 11 is 0. The molecule has 0 spiro atoms. The van der Waals surface area contributed by atoms with E-state index in [1.54, 1.807) is 0 Å². The van der Waals surface area contributed by atoms with Crippen LogP contribution in [0.4, 0.5) is 0 Å². The second kappa shape index (κ2) is 5.31. The van der Waals surface area contributed by atoms with E-state index in [1.165, 1.54) is 49.8 Å². The summed E-state index contributed by atoms with van der Waals surface area (Å²) in [6, 6.07) is 7.26. The lowest BCUT2D eigenvalue weighted by Crippen LogP contribution is -2.35. The fourth-order valence-corrected chi connectivity index (χ4v) is 2.71. The standard InChI is InChI=1S/C16H23NO/c1-12-5-8-16(18-15-6-7-15)13(10-12)11-14-4-2-3-9-17-14/h5,8,10,14-15,17H,2-4,6-7,9,11H2,1H3. The maximum absolute atomic E-state index is 6.03.